The zero-order chi connectivity index (χ0) is 25.3. The largest absolute Gasteiger partial charge is 0.494 e. The van der Waals surface area contributed by atoms with Gasteiger partial charge in [-0.25, -0.2) is 9.97 Å². The van der Waals surface area contributed by atoms with E-state index in [1.165, 1.54) is 108 Å². The first-order chi connectivity index (χ1) is 17.8. The van der Waals surface area contributed by atoms with Crippen molar-refractivity contribution in [2.45, 2.75) is 129 Å². The molecule has 1 aliphatic rings. The molecule has 0 N–H and O–H groups in total. The second-order valence-corrected chi connectivity index (χ2v) is 11.2. The topological polar surface area (TPSA) is 35.0 Å². The molecular weight excluding hydrogens is 440 g/mol. The van der Waals surface area contributed by atoms with E-state index in [2.05, 4.69) is 48.1 Å². The summed E-state index contributed by atoms with van der Waals surface area (Å²) in [5.74, 6) is 3.67. The van der Waals surface area contributed by atoms with Gasteiger partial charge in [0.15, 0.2) is 5.82 Å². The SMILES string of the molecule is CCCCCCCCCCC1CCC(CCCOc2ccc(-c3ncc(CCCC)cn3)cc2)CC1. The number of nitrogens with zero attached hydrogens (tertiary/aromatic N) is 2. The Morgan fingerprint density at radius 2 is 1.22 bits per heavy atom. The molecule has 2 aromatic rings. The first-order valence-corrected chi connectivity index (χ1v) is 15.3. The maximum absolute atomic E-state index is 6.04. The average Bonchev–Trinajstić information content (AvgIpc) is 2.93. The van der Waals surface area contributed by atoms with Gasteiger partial charge in [0.1, 0.15) is 5.75 Å². The molecule has 36 heavy (non-hydrogen) atoms. The van der Waals surface area contributed by atoms with Crippen molar-refractivity contribution in [3.05, 3.63) is 42.2 Å². The van der Waals surface area contributed by atoms with Gasteiger partial charge in [-0.05, 0) is 67.3 Å². The Morgan fingerprint density at radius 3 is 1.83 bits per heavy atom. The van der Waals surface area contributed by atoms with E-state index in [0.717, 1.165) is 48.4 Å². The molecule has 0 unspecified atom stereocenters. The second kappa shape index (κ2) is 17.5. The lowest BCUT2D eigenvalue weighted by atomic mass is 9.78. The Labute approximate surface area is 221 Å². The average molecular weight is 493 g/mol. The molecule has 3 nitrogen and oxygen atoms in total. The van der Waals surface area contributed by atoms with Crippen LogP contribution in [0.4, 0.5) is 0 Å². The van der Waals surface area contributed by atoms with Crippen LogP contribution in [0.15, 0.2) is 36.7 Å². The highest BCUT2D eigenvalue weighted by molar-refractivity contribution is 5.55. The molecule has 0 atom stereocenters. The molecule has 1 aliphatic carbocycles. The lowest BCUT2D eigenvalue weighted by Gasteiger charge is -2.28. The van der Waals surface area contributed by atoms with Gasteiger partial charge in [-0.3, -0.25) is 0 Å². The molecule has 3 rings (SSSR count). The Balaban J connectivity index is 1.22. The van der Waals surface area contributed by atoms with E-state index >= 15 is 0 Å². The fourth-order valence-corrected chi connectivity index (χ4v) is 5.65. The molecule has 0 spiro atoms. The van der Waals surface area contributed by atoms with Crippen molar-refractivity contribution in [3.8, 4) is 17.1 Å². The minimum atomic E-state index is 0.791. The van der Waals surface area contributed by atoms with Crippen LogP contribution in [0.5, 0.6) is 5.75 Å². The molecule has 0 bridgehead atoms. The number of rotatable bonds is 18. The Bertz CT molecular complexity index is 793. The number of hydrogen-bond acceptors (Lipinski definition) is 3. The predicted molar refractivity (Wildman–Crippen MR) is 153 cm³/mol. The maximum Gasteiger partial charge on any atom is 0.159 e. The molecule has 1 heterocycles. The molecule has 0 saturated heterocycles. The Kier molecular flexibility index (Phi) is 14.0. The van der Waals surface area contributed by atoms with Crippen LogP contribution in [0.1, 0.15) is 129 Å². The zero-order valence-electron chi connectivity index (χ0n) is 23.4. The zero-order valence-corrected chi connectivity index (χ0v) is 23.4. The molecule has 1 fully saturated rings. The maximum atomic E-state index is 6.04. The summed E-state index contributed by atoms with van der Waals surface area (Å²) < 4.78 is 6.04. The van der Waals surface area contributed by atoms with Crippen LogP contribution in [0, 0.1) is 11.8 Å². The van der Waals surface area contributed by atoms with E-state index in [4.69, 9.17) is 4.74 Å². The summed E-state index contributed by atoms with van der Waals surface area (Å²) in [5.41, 5.74) is 2.27. The van der Waals surface area contributed by atoms with Gasteiger partial charge in [0.05, 0.1) is 6.61 Å². The first kappa shape index (κ1) is 28.7. The van der Waals surface area contributed by atoms with Crippen LogP contribution < -0.4 is 4.74 Å². The smallest absolute Gasteiger partial charge is 0.159 e. The predicted octanol–water partition coefficient (Wildman–Crippen LogP) is 9.98. The van der Waals surface area contributed by atoms with Gasteiger partial charge in [0, 0.05) is 18.0 Å². The highest BCUT2D eigenvalue weighted by Gasteiger charge is 2.20. The van der Waals surface area contributed by atoms with Crippen molar-refractivity contribution in [2.75, 3.05) is 6.61 Å². The van der Waals surface area contributed by atoms with Crippen molar-refractivity contribution in [2.24, 2.45) is 11.8 Å². The fourth-order valence-electron chi connectivity index (χ4n) is 5.65. The summed E-state index contributed by atoms with van der Waals surface area (Å²) in [5, 5.41) is 0. The van der Waals surface area contributed by atoms with E-state index < -0.39 is 0 Å². The van der Waals surface area contributed by atoms with Crippen molar-refractivity contribution >= 4 is 0 Å². The third-order valence-electron chi connectivity index (χ3n) is 8.09. The summed E-state index contributed by atoms with van der Waals surface area (Å²) in [7, 11) is 0. The van der Waals surface area contributed by atoms with Crippen LogP contribution in [0.3, 0.4) is 0 Å². The summed E-state index contributed by atoms with van der Waals surface area (Å²) in [6.07, 6.45) is 28.7. The van der Waals surface area contributed by atoms with Gasteiger partial charge in [-0.15, -0.1) is 0 Å². The van der Waals surface area contributed by atoms with Gasteiger partial charge in [-0.2, -0.15) is 0 Å². The van der Waals surface area contributed by atoms with Gasteiger partial charge in [-0.1, -0.05) is 104 Å². The number of hydrogen-bond donors (Lipinski definition) is 0. The number of benzene rings is 1. The summed E-state index contributed by atoms with van der Waals surface area (Å²) in [4.78, 5) is 9.10. The van der Waals surface area contributed by atoms with E-state index in [1.807, 2.05) is 12.4 Å². The van der Waals surface area contributed by atoms with Crippen molar-refractivity contribution in [3.63, 3.8) is 0 Å². The highest BCUT2D eigenvalue weighted by Crippen LogP contribution is 2.34. The number of ether oxygens (including phenoxy) is 1. The molecule has 3 heteroatoms. The van der Waals surface area contributed by atoms with E-state index in [0.29, 0.717) is 0 Å². The van der Waals surface area contributed by atoms with Crippen LogP contribution >= 0.6 is 0 Å². The molecule has 0 radical (unpaired) electrons. The molecule has 0 aliphatic heterocycles. The molecular formula is C33H52N2O. The van der Waals surface area contributed by atoms with Crippen LogP contribution in [0.2, 0.25) is 0 Å². The van der Waals surface area contributed by atoms with Gasteiger partial charge >= 0.3 is 0 Å². The molecule has 1 aromatic heterocycles. The number of unbranched alkanes of at least 4 members (excludes halogenated alkanes) is 8. The van der Waals surface area contributed by atoms with Gasteiger partial charge in [0.25, 0.3) is 0 Å². The van der Waals surface area contributed by atoms with Crippen molar-refractivity contribution in [1.82, 2.24) is 9.97 Å². The minimum Gasteiger partial charge on any atom is -0.494 e. The third kappa shape index (κ3) is 11.0. The molecule has 1 aromatic carbocycles. The molecule has 1 saturated carbocycles. The second-order valence-electron chi connectivity index (χ2n) is 11.2. The lowest BCUT2D eigenvalue weighted by molar-refractivity contribution is 0.228. The van der Waals surface area contributed by atoms with Crippen LogP contribution in [0.25, 0.3) is 11.4 Å². The van der Waals surface area contributed by atoms with Crippen molar-refractivity contribution < 1.29 is 4.74 Å². The van der Waals surface area contributed by atoms with Crippen LogP contribution in [-0.2, 0) is 6.42 Å². The fraction of sp³-hybridized carbons (Fsp3) is 0.697. The monoisotopic (exact) mass is 492 g/mol. The number of aryl methyl sites for hydroxylation is 1. The quantitative estimate of drug-likeness (QED) is 0.194. The van der Waals surface area contributed by atoms with E-state index in [1.54, 1.807) is 0 Å². The Morgan fingerprint density at radius 1 is 0.667 bits per heavy atom. The standard InChI is InChI=1S/C33H52N2O/c1-3-5-7-8-9-10-11-12-15-28-17-19-29(20-18-28)16-13-25-36-32-23-21-31(22-24-32)33-34-26-30(27-35-33)14-6-4-2/h21-24,26-29H,3-20,25H2,1-2H3. The summed E-state index contributed by atoms with van der Waals surface area (Å²) >= 11 is 0. The third-order valence-corrected chi connectivity index (χ3v) is 8.09. The van der Waals surface area contributed by atoms with Gasteiger partial charge in [0.2, 0.25) is 0 Å². The van der Waals surface area contributed by atoms with Crippen LogP contribution in [-0.4, -0.2) is 16.6 Å². The number of aromatic nitrogens is 2. The first-order valence-electron chi connectivity index (χ1n) is 15.3. The normalized spacial score (nSPS) is 17.8. The minimum absolute atomic E-state index is 0.791. The van der Waals surface area contributed by atoms with E-state index in [9.17, 15) is 0 Å². The summed E-state index contributed by atoms with van der Waals surface area (Å²) in [6.45, 7) is 5.33. The Hall–Kier alpha value is -1.90. The molecule has 200 valence electrons. The van der Waals surface area contributed by atoms with Crippen molar-refractivity contribution in [1.29, 1.82) is 0 Å². The molecule has 0 amide bonds. The van der Waals surface area contributed by atoms with E-state index in [-0.39, 0.29) is 0 Å². The summed E-state index contributed by atoms with van der Waals surface area (Å²) in [6, 6.07) is 8.26. The van der Waals surface area contributed by atoms with Gasteiger partial charge < -0.3 is 4.74 Å². The highest BCUT2D eigenvalue weighted by atomic mass is 16.5. The lowest BCUT2D eigenvalue weighted by Crippen LogP contribution is -2.15.